The Kier molecular flexibility index (Phi) is 10.3. The summed E-state index contributed by atoms with van der Waals surface area (Å²) in [5, 5.41) is 11.5. The first kappa shape index (κ1) is 27.0. The average molecular weight is 460 g/mol. The summed E-state index contributed by atoms with van der Waals surface area (Å²) in [5.41, 5.74) is -0.348. The van der Waals surface area contributed by atoms with E-state index in [9.17, 15) is 27.9 Å². The number of aliphatic carboxylic acids is 1. The monoisotopic (exact) mass is 459 g/mol. The van der Waals surface area contributed by atoms with Gasteiger partial charge in [-0.3, -0.25) is 0 Å². The summed E-state index contributed by atoms with van der Waals surface area (Å²) in [6, 6.07) is 0. The zero-order chi connectivity index (χ0) is 22.3. The molecule has 28 heavy (non-hydrogen) atoms. The second kappa shape index (κ2) is 10.7. The third kappa shape index (κ3) is 11.8. The van der Waals surface area contributed by atoms with Crippen molar-refractivity contribution in [2.75, 3.05) is 6.61 Å². The van der Waals surface area contributed by atoms with Gasteiger partial charge >= 0.3 is 21.4 Å². The molecule has 0 N–H and O–H groups in total. The molecule has 0 fully saturated rings. The number of ether oxygens (including phenoxy) is 1. The lowest BCUT2D eigenvalue weighted by molar-refractivity contribution is -0.298. The van der Waals surface area contributed by atoms with E-state index in [0.717, 1.165) is 0 Å². The van der Waals surface area contributed by atoms with Crippen LogP contribution in [0.1, 0.15) is 26.2 Å². The Morgan fingerprint density at radius 1 is 1.00 bits per heavy atom. The number of hydrogen-bond acceptors (Lipinski definition) is 6. The van der Waals surface area contributed by atoms with Crippen molar-refractivity contribution in [3.05, 3.63) is 10.8 Å². The van der Waals surface area contributed by atoms with E-state index in [0.29, 0.717) is 12.8 Å². The van der Waals surface area contributed by atoms with Crippen molar-refractivity contribution >= 4 is 37.9 Å². The number of carbonyl (C=O) groups excluding carboxylic acids is 2. The molecule has 0 amide bonds. The Labute approximate surface area is 168 Å². The highest BCUT2D eigenvalue weighted by Gasteiger charge is 2.36. The highest BCUT2D eigenvalue weighted by molar-refractivity contribution is 6.84. The predicted octanol–water partition coefficient (Wildman–Crippen LogP) is 2.79. The van der Waals surface area contributed by atoms with Gasteiger partial charge in [0.15, 0.2) is 23.2 Å². The maximum absolute atomic E-state index is 12.4. The number of halogens is 3. The maximum atomic E-state index is 12.4. The lowest BCUT2D eigenvalue weighted by atomic mass is 10.1. The topological polar surface area (TPSA) is 84.9 Å². The SMILES string of the molecule is CCCC/C(C(=O)OCC(F)(F)F)=C(\C(=O)[O-])[SiH](O[Si](C)(C)C)O[Si](C)(C)C. The Morgan fingerprint density at radius 3 is 1.79 bits per heavy atom. The Morgan fingerprint density at radius 2 is 1.46 bits per heavy atom. The Balaban J connectivity index is 6.23. The van der Waals surface area contributed by atoms with E-state index in [4.69, 9.17) is 8.23 Å². The molecule has 0 spiro atoms. The lowest BCUT2D eigenvalue weighted by Crippen LogP contribution is -2.49. The molecule has 0 saturated heterocycles. The van der Waals surface area contributed by atoms with E-state index in [1.165, 1.54) is 0 Å². The van der Waals surface area contributed by atoms with Gasteiger partial charge in [-0.2, -0.15) is 13.2 Å². The van der Waals surface area contributed by atoms with Gasteiger partial charge < -0.3 is 22.9 Å². The van der Waals surface area contributed by atoms with Crippen molar-refractivity contribution in [3.63, 3.8) is 0 Å². The molecule has 0 saturated carbocycles. The van der Waals surface area contributed by atoms with E-state index >= 15 is 0 Å². The van der Waals surface area contributed by atoms with Crippen LogP contribution < -0.4 is 5.11 Å². The smallest absolute Gasteiger partial charge is 0.422 e. The van der Waals surface area contributed by atoms with Gasteiger partial charge in [0, 0.05) is 10.8 Å². The second-order valence-corrected chi connectivity index (χ2v) is 19.8. The fourth-order valence-electron chi connectivity index (χ4n) is 2.08. The van der Waals surface area contributed by atoms with E-state index < -0.39 is 55.8 Å². The summed E-state index contributed by atoms with van der Waals surface area (Å²) in [5.74, 6) is -2.98. The second-order valence-electron chi connectivity index (χ2n) is 8.27. The highest BCUT2D eigenvalue weighted by Crippen LogP contribution is 2.24. The summed E-state index contributed by atoms with van der Waals surface area (Å²) in [6.45, 7) is 11.0. The molecule has 164 valence electrons. The molecular formula is C16H30F3O6Si3-. The summed E-state index contributed by atoms with van der Waals surface area (Å²) < 4.78 is 53.6. The first-order valence-electron chi connectivity index (χ1n) is 9.00. The molecule has 0 heterocycles. The average Bonchev–Trinajstić information content (AvgIpc) is 2.44. The molecule has 0 atom stereocenters. The summed E-state index contributed by atoms with van der Waals surface area (Å²) in [6.07, 6.45) is -3.77. The van der Waals surface area contributed by atoms with Crippen LogP contribution in [0.2, 0.25) is 39.3 Å². The maximum Gasteiger partial charge on any atom is 0.422 e. The van der Waals surface area contributed by atoms with Crippen molar-refractivity contribution in [3.8, 4) is 0 Å². The van der Waals surface area contributed by atoms with Gasteiger partial charge in [0.2, 0.25) is 0 Å². The number of esters is 1. The Hall–Kier alpha value is -0.959. The third-order valence-electron chi connectivity index (χ3n) is 3.10. The fraction of sp³-hybridized carbons (Fsp3) is 0.750. The number of carboxylic acid groups (broad SMARTS) is 1. The molecule has 0 aliphatic carbocycles. The van der Waals surface area contributed by atoms with Crippen LogP contribution in [0, 0.1) is 0 Å². The standard InChI is InChI=1S/C16H31F3O6Si3/c1-8-9-10-12(15(22)23-11-16(17,18)19)13(14(20)21)26(24-27(2,3)4)25-28(5,6)7/h26H,8-11H2,1-7H3,(H,20,21)/p-1/b13-12-. The minimum atomic E-state index is -4.71. The van der Waals surface area contributed by atoms with Gasteiger partial charge in [-0.1, -0.05) is 13.3 Å². The van der Waals surface area contributed by atoms with Crippen molar-refractivity contribution in [1.29, 1.82) is 0 Å². The van der Waals surface area contributed by atoms with Crippen molar-refractivity contribution < 1.29 is 40.8 Å². The van der Waals surface area contributed by atoms with Gasteiger partial charge in [0.1, 0.15) is 0 Å². The van der Waals surface area contributed by atoms with Crippen molar-refractivity contribution in [2.45, 2.75) is 71.6 Å². The van der Waals surface area contributed by atoms with Crippen LogP contribution in [0.5, 0.6) is 0 Å². The lowest BCUT2D eigenvalue weighted by Gasteiger charge is -2.33. The predicted molar refractivity (Wildman–Crippen MR) is 105 cm³/mol. The highest BCUT2D eigenvalue weighted by atomic mass is 28.4. The van der Waals surface area contributed by atoms with Gasteiger partial charge in [-0.05, 0) is 52.1 Å². The van der Waals surface area contributed by atoms with Gasteiger partial charge in [0.25, 0.3) is 0 Å². The van der Waals surface area contributed by atoms with Gasteiger partial charge in [-0.25, -0.2) is 4.79 Å². The normalized spacial score (nSPS) is 14.1. The first-order valence-corrected chi connectivity index (χ1v) is 17.3. The van der Waals surface area contributed by atoms with E-state index in [1.54, 1.807) is 0 Å². The van der Waals surface area contributed by atoms with Gasteiger partial charge in [-0.15, -0.1) is 0 Å². The van der Waals surface area contributed by atoms with Crippen LogP contribution >= 0.6 is 0 Å². The third-order valence-corrected chi connectivity index (χ3v) is 11.5. The van der Waals surface area contributed by atoms with E-state index in [-0.39, 0.29) is 12.0 Å². The van der Waals surface area contributed by atoms with Crippen LogP contribution in [-0.2, 0) is 22.6 Å². The van der Waals surface area contributed by atoms with E-state index in [2.05, 4.69) is 4.74 Å². The molecule has 0 aromatic carbocycles. The molecule has 12 heteroatoms. The number of unbranched alkanes of at least 4 members (excludes halogenated alkanes) is 1. The van der Waals surface area contributed by atoms with Crippen LogP contribution in [0.4, 0.5) is 13.2 Å². The van der Waals surface area contributed by atoms with Crippen LogP contribution in [-0.4, -0.2) is 50.6 Å². The molecular weight excluding hydrogens is 429 g/mol. The molecule has 0 aromatic rings. The quantitative estimate of drug-likeness (QED) is 0.268. The Bertz CT molecular complexity index is 564. The zero-order valence-corrected chi connectivity index (χ0v) is 20.6. The molecule has 0 aliphatic heterocycles. The molecule has 0 aliphatic rings. The summed E-state index contributed by atoms with van der Waals surface area (Å²) >= 11 is 0. The molecule has 0 aromatic heterocycles. The number of hydrogen-bond donors (Lipinski definition) is 0. The first-order chi connectivity index (χ1) is 12.5. The van der Waals surface area contributed by atoms with E-state index in [1.807, 2.05) is 46.2 Å². The van der Waals surface area contributed by atoms with Gasteiger partial charge in [0.05, 0.1) is 5.97 Å². The fourth-order valence-corrected chi connectivity index (χ4v) is 9.53. The van der Waals surface area contributed by atoms with Crippen molar-refractivity contribution in [1.82, 2.24) is 0 Å². The molecule has 0 unspecified atom stereocenters. The summed E-state index contributed by atoms with van der Waals surface area (Å²) in [7, 11) is -7.70. The molecule has 0 rings (SSSR count). The molecule has 0 bridgehead atoms. The summed E-state index contributed by atoms with van der Waals surface area (Å²) in [4.78, 5) is 24.3. The molecule has 6 nitrogen and oxygen atoms in total. The minimum Gasteiger partial charge on any atom is -0.545 e. The number of alkyl halides is 3. The number of carbonyl (C=O) groups is 2. The van der Waals surface area contributed by atoms with Crippen molar-refractivity contribution in [2.24, 2.45) is 0 Å². The van der Waals surface area contributed by atoms with Crippen LogP contribution in [0.15, 0.2) is 10.8 Å². The number of rotatable bonds is 11. The molecule has 0 radical (unpaired) electrons. The minimum absolute atomic E-state index is 0.0515. The largest absolute Gasteiger partial charge is 0.545 e. The van der Waals surface area contributed by atoms with Crippen LogP contribution in [0.3, 0.4) is 0 Å². The van der Waals surface area contributed by atoms with Crippen LogP contribution in [0.25, 0.3) is 0 Å². The zero-order valence-electron chi connectivity index (χ0n) is 17.5. The number of carboxylic acids is 1.